The largest absolute Gasteiger partial charge is 0.474 e. The summed E-state index contributed by atoms with van der Waals surface area (Å²) in [7, 11) is 0. The molecule has 62 valence electrons. The number of hydrogen-bond donors (Lipinski definition) is 2. The molecule has 0 atom stereocenters. The summed E-state index contributed by atoms with van der Waals surface area (Å²) in [5.74, 6) is -2.63. The van der Waals surface area contributed by atoms with Crippen molar-refractivity contribution < 1.29 is 14.7 Å². The van der Waals surface area contributed by atoms with E-state index < -0.39 is 11.9 Å². The van der Waals surface area contributed by atoms with E-state index in [9.17, 15) is 9.59 Å². The summed E-state index contributed by atoms with van der Waals surface area (Å²) in [5.41, 5.74) is 0.303. The van der Waals surface area contributed by atoms with Crippen LogP contribution >= 0.6 is 0 Å². The van der Waals surface area contributed by atoms with Crippen LogP contribution in [-0.4, -0.2) is 27.2 Å². The van der Waals surface area contributed by atoms with Gasteiger partial charge in [0.25, 0.3) is 0 Å². The van der Waals surface area contributed by atoms with Crippen LogP contribution in [0.15, 0.2) is 18.5 Å². The number of nitrogens with one attached hydrogen (secondary N) is 1. The van der Waals surface area contributed by atoms with Gasteiger partial charge in [-0.25, -0.2) is 4.79 Å². The SMILES string of the molecule is O=C(O)C(=O)Nc1ccnnc1. The van der Waals surface area contributed by atoms with Gasteiger partial charge in [-0.2, -0.15) is 10.2 Å². The molecule has 0 bridgehead atoms. The van der Waals surface area contributed by atoms with Crippen LogP contribution < -0.4 is 5.32 Å². The maximum absolute atomic E-state index is 10.6. The van der Waals surface area contributed by atoms with Gasteiger partial charge in [-0.1, -0.05) is 0 Å². The number of carbonyl (C=O) groups excluding carboxylic acids is 1. The van der Waals surface area contributed by atoms with Crippen molar-refractivity contribution in [3.8, 4) is 0 Å². The van der Waals surface area contributed by atoms with Gasteiger partial charge in [0, 0.05) is 0 Å². The van der Waals surface area contributed by atoms with Crippen LogP contribution in [0, 0.1) is 0 Å². The topological polar surface area (TPSA) is 92.2 Å². The molecule has 0 fully saturated rings. The number of carboxylic acids is 1. The van der Waals surface area contributed by atoms with E-state index in [1.54, 1.807) is 0 Å². The Labute approximate surface area is 67.2 Å². The van der Waals surface area contributed by atoms with Gasteiger partial charge in [0.1, 0.15) is 0 Å². The molecule has 1 aromatic rings. The zero-order valence-electron chi connectivity index (χ0n) is 5.89. The lowest BCUT2D eigenvalue weighted by Crippen LogP contribution is -2.21. The van der Waals surface area contributed by atoms with E-state index in [-0.39, 0.29) is 0 Å². The molecule has 0 spiro atoms. The molecule has 0 saturated heterocycles. The molecule has 0 aromatic carbocycles. The first-order valence-electron chi connectivity index (χ1n) is 3.01. The summed E-state index contributed by atoms with van der Waals surface area (Å²) < 4.78 is 0. The van der Waals surface area contributed by atoms with E-state index in [0.717, 1.165) is 0 Å². The fraction of sp³-hybridized carbons (Fsp3) is 0. The van der Waals surface area contributed by atoms with Crippen molar-refractivity contribution in [2.75, 3.05) is 5.32 Å². The molecule has 6 nitrogen and oxygen atoms in total. The summed E-state index contributed by atoms with van der Waals surface area (Å²) in [5, 5.41) is 17.2. The van der Waals surface area contributed by atoms with Crippen molar-refractivity contribution in [2.24, 2.45) is 0 Å². The number of aliphatic carboxylic acids is 1. The fourth-order valence-corrected chi connectivity index (χ4v) is 0.549. The first kappa shape index (κ1) is 8.12. The van der Waals surface area contributed by atoms with Crippen molar-refractivity contribution in [2.45, 2.75) is 0 Å². The van der Waals surface area contributed by atoms with Crippen LogP contribution in [0.25, 0.3) is 0 Å². The van der Waals surface area contributed by atoms with Gasteiger partial charge in [-0.05, 0) is 6.07 Å². The van der Waals surface area contributed by atoms with Gasteiger partial charge in [-0.15, -0.1) is 0 Å². The van der Waals surface area contributed by atoms with Crippen LogP contribution in [0.1, 0.15) is 0 Å². The van der Waals surface area contributed by atoms with Crippen LogP contribution in [0.4, 0.5) is 5.69 Å². The Kier molecular flexibility index (Phi) is 2.32. The molecule has 1 aromatic heterocycles. The van der Waals surface area contributed by atoms with E-state index in [1.807, 2.05) is 0 Å². The summed E-state index contributed by atoms with van der Waals surface area (Å²) in [4.78, 5) is 20.6. The predicted molar refractivity (Wildman–Crippen MR) is 38.3 cm³/mol. The van der Waals surface area contributed by atoms with Gasteiger partial charge < -0.3 is 10.4 Å². The lowest BCUT2D eigenvalue weighted by molar-refractivity contribution is -0.147. The standard InChI is InChI=1S/C6H5N3O3/c10-5(6(11)12)9-4-1-2-7-8-3-4/h1-3H,(H,11,12)(H,7,9,10). The molecular formula is C6H5N3O3. The van der Waals surface area contributed by atoms with E-state index in [1.165, 1.54) is 18.5 Å². The third-order valence-electron chi connectivity index (χ3n) is 1.04. The highest BCUT2D eigenvalue weighted by Crippen LogP contribution is 1.99. The van der Waals surface area contributed by atoms with Crippen molar-refractivity contribution >= 4 is 17.6 Å². The Morgan fingerprint density at radius 2 is 2.17 bits per heavy atom. The Hall–Kier alpha value is -1.98. The zero-order chi connectivity index (χ0) is 8.97. The molecule has 2 N–H and O–H groups in total. The molecule has 0 unspecified atom stereocenters. The maximum atomic E-state index is 10.6. The molecule has 1 rings (SSSR count). The van der Waals surface area contributed by atoms with Crippen molar-refractivity contribution in [3.05, 3.63) is 18.5 Å². The number of nitrogens with zero attached hydrogens (tertiary/aromatic N) is 2. The first-order chi connectivity index (χ1) is 5.70. The smallest absolute Gasteiger partial charge is 0.394 e. The minimum atomic E-state index is -1.54. The lowest BCUT2D eigenvalue weighted by atomic mass is 10.4. The average Bonchev–Trinajstić information content (AvgIpc) is 2.06. The molecule has 12 heavy (non-hydrogen) atoms. The molecule has 1 heterocycles. The highest BCUT2D eigenvalue weighted by Gasteiger charge is 2.10. The average molecular weight is 167 g/mol. The lowest BCUT2D eigenvalue weighted by Gasteiger charge is -1.97. The van der Waals surface area contributed by atoms with Gasteiger partial charge in [-0.3, -0.25) is 4.79 Å². The van der Waals surface area contributed by atoms with Crippen LogP contribution in [0.2, 0.25) is 0 Å². The third kappa shape index (κ3) is 2.01. The van der Waals surface area contributed by atoms with E-state index in [0.29, 0.717) is 5.69 Å². The Morgan fingerprint density at radius 1 is 1.42 bits per heavy atom. The Morgan fingerprint density at radius 3 is 2.67 bits per heavy atom. The Bertz CT molecular complexity index is 298. The van der Waals surface area contributed by atoms with Crippen LogP contribution in [-0.2, 0) is 9.59 Å². The van der Waals surface area contributed by atoms with E-state index in [2.05, 4.69) is 15.5 Å². The van der Waals surface area contributed by atoms with Gasteiger partial charge in [0.2, 0.25) is 0 Å². The third-order valence-corrected chi connectivity index (χ3v) is 1.04. The number of aromatic nitrogens is 2. The van der Waals surface area contributed by atoms with Crippen molar-refractivity contribution in [1.82, 2.24) is 10.2 Å². The highest BCUT2D eigenvalue weighted by atomic mass is 16.4. The monoisotopic (exact) mass is 167 g/mol. The van der Waals surface area contributed by atoms with Gasteiger partial charge >= 0.3 is 11.9 Å². The molecule has 0 aliphatic carbocycles. The number of carboxylic acid groups (broad SMARTS) is 1. The van der Waals surface area contributed by atoms with E-state index in [4.69, 9.17) is 5.11 Å². The van der Waals surface area contributed by atoms with Gasteiger partial charge in [0.15, 0.2) is 0 Å². The number of hydrogen-bond acceptors (Lipinski definition) is 4. The molecule has 0 aliphatic rings. The van der Waals surface area contributed by atoms with Crippen LogP contribution in [0.5, 0.6) is 0 Å². The molecule has 0 aliphatic heterocycles. The summed E-state index contributed by atoms with van der Waals surface area (Å²) in [6.45, 7) is 0. The molecule has 0 radical (unpaired) electrons. The number of anilines is 1. The molecule has 6 heteroatoms. The number of amides is 1. The number of rotatable bonds is 1. The first-order valence-corrected chi connectivity index (χ1v) is 3.01. The molecule has 0 saturated carbocycles. The summed E-state index contributed by atoms with van der Waals surface area (Å²) in [6, 6.07) is 1.44. The van der Waals surface area contributed by atoms with E-state index >= 15 is 0 Å². The quantitative estimate of drug-likeness (QED) is 0.550. The highest BCUT2D eigenvalue weighted by molar-refractivity contribution is 6.36. The van der Waals surface area contributed by atoms with Gasteiger partial charge in [0.05, 0.1) is 18.1 Å². The van der Waals surface area contributed by atoms with Crippen molar-refractivity contribution in [3.63, 3.8) is 0 Å². The maximum Gasteiger partial charge on any atom is 0.394 e. The predicted octanol–water partition coefficient (Wildman–Crippen LogP) is -0.500. The van der Waals surface area contributed by atoms with Crippen molar-refractivity contribution in [1.29, 1.82) is 0 Å². The summed E-state index contributed by atoms with van der Waals surface area (Å²) in [6.07, 6.45) is 2.60. The minimum Gasteiger partial charge on any atom is -0.474 e. The number of carbonyl (C=O) groups is 2. The molecule has 1 amide bonds. The zero-order valence-corrected chi connectivity index (χ0v) is 5.89. The molecular weight excluding hydrogens is 162 g/mol. The van der Waals surface area contributed by atoms with Crippen LogP contribution in [0.3, 0.4) is 0 Å². The fourth-order valence-electron chi connectivity index (χ4n) is 0.549. The second-order valence-corrected chi connectivity index (χ2v) is 1.89. The normalized spacial score (nSPS) is 9.00. The minimum absolute atomic E-state index is 0.303. The Balaban J connectivity index is 2.65. The second-order valence-electron chi connectivity index (χ2n) is 1.89. The summed E-state index contributed by atoms with van der Waals surface area (Å²) >= 11 is 0. The second kappa shape index (κ2) is 3.42.